The van der Waals surface area contributed by atoms with E-state index >= 15 is 0 Å². The van der Waals surface area contributed by atoms with E-state index in [4.69, 9.17) is 16.3 Å². The van der Waals surface area contributed by atoms with E-state index < -0.39 is 5.38 Å². The van der Waals surface area contributed by atoms with Gasteiger partial charge in [-0.3, -0.25) is 4.79 Å². The van der Waals surface area contributed by atoms with Crippen LogP contribution in [-0.4, -0.2) is 23.4 Å². The normalized spacial score (nSPS) is 11.9. The number of nitrogens with zero attached hydrogens (tertiary/aromatic N) is 1. The van der Waals surface area contributed by atoms with Crippen LogP contribution in [0, 0.1) is 0 Å². The Hall–Kier alpha value is -1.29. The summed E-state index contributed by atoms with van der Waals surface area (Å²) in [5, 5.41) is 2.18. The van der Waals surface area contributed by atoms with Crippen LogP contribution in [0.2, 0.25) is 0 Å². The Kier molecular flexibility index (Phi) is 4.37. The first-order valence-corrected chi connectivity index (χ1v) is 4.98. The van der Waals surface area contributed by atoms with Crippen molar-refractivity contribution in [1.29, 1.82) is 0 Å². The molecule has 1 atom stereocenters. The third-order valence-electron chi connectivity index (χ3n) is 1.84. The predicted octanol–water partition coefficient (Wildman–Crippen LogP) is 1.33. The van der Waals surface area contributed by atoms with Gasteiger partial charge in [0.15, 0.2) is 0 Å². The number of rotatable bonds is 4. The lowest BCUT2D eigenvalue weighted by molar-refractivity contribution is -0.120. The zero-order valence-electron chi connectivity index (χ0n) is 8.66. The Morgan fingerprint density at radius 2 is 2.47 bits per heavy atom. The molecule has 1 N–H and O–H groups in total. The highest BCUT2D eigenvalue weighted by Crippen LogP contribution is 2.08. The fourth-order valence-corrected chi connectivity index (χ4v) is 1.08. The Morgan fingerprint density at radius 1 is 1.73 bits per heavy atom. The molecular formula is C10H13ClN2O2. The molecule has 5 heteroatoms. The highest BCUT2D eigenvalue weighted by atomic mass is 35.5. The number of ether oxygens (including phenoxy) is 1. The SMILES string of the molecule is COc1cc(CNC(=O)C(C)Cl)ccn1. The minimum Gasteiger partial charge on any atom is -0.481 e. The van der Waals surface area contributed by atoms with Crippen molar-refractivity contribution in [1.82, 2.24) is 10.3 Å². The van der Waals surface area contributed by atoms with E-state index in [-0.39, 0.29) is 5.91 Å². The van der Waals surface area contributed by atoms with Crippen molar-refractivity contribution in [2.75, 3.05) is 7.11 Å². The Bertz CT molecular complexity index is 342. The molecule has 15 heavy (non-hydrogen) atoms. The fourth-order valence-electron chi connectivity index (χ4n) is 1.00. The number of carbonyl (C=O) groups is 1. The average Bonchev–Trinajstić information content (AvgIpc) is 2.26. The lowest BCUT2D eigenvalue weighted by Crippen LogP contribution is -2.29. The molecule has 1 rings (SSSR count). The molecule has 0 aromatic carbocycles. The summed E-state index contributed by atoms with van der Waals surface area (Å²) >= 11 is 5.60. The van der Waals surface area contributed by atoms with Gasteiger partial charge in [0.1, 0.15) is 5.38 Å². The van der Waals surface area contributed by atoms with Gasteiger partial charge in [0.05, 0.1) is 7.11 Å². The molecule has 1 aromatic rings. The van der Waals surface area contributed by atoms with E-state index in [0.29, 0.717) is 12.4 Å². The smallest absolute Gasteiger partial charge is 0.238 e. The van der Waals surface area contributed by atoms with Crippen LogP contribution in [0.3, 0.4) is 0 Å². The van der Waals surface area contributed by atoms with Gasteiger partial charge >= 0.3 is 0 Å². The maximum absolute atomic E-state index is 11.2. The molecule has 0 aliphatic heterocycles. The summed E-state index contributed by atoms with van der Waals surface area (Å²) < 4.78 is 4.96. The van der Waals surface area contributed by atoms with Crippen LogP contribution in [-0.2, 0) is 11.3 Å². The summed E-state index contributed by atoms with van der Waals surface area (Å²) in [7, 11) is 1.55. The zero-order valence-corrected chi connectivity index (χ0v) is 9.41. The summed E-state index contributed by atoms with van der Waals surface area (Å²) in [6, 6.07) is 3.57. The standard InChI is InChI=1S/C10H13ClN2O2/c1-7(11)10(14)13-6-8-3-4-12-9(5-8)15-2/h3-5,7H,6H2,1-2H3,(H,13,14). The first-order chi connectivity index (χ1) is 7.13. The van der Waals surface area contributed by atoms with E-state index in [1.807, 2.05) is 6.07 Å². The number of nitrogens with one attached hydrogen (secondary N) is 1. The van der Waals surface area contributed by atoms with Crippen molar-refractivity contribution in [3.05, 3.63) is 23.9 Å². The third kappa shape index (κ3) is 3.75. The Morgan fingerprint density at radius 3 is 3.07 bits per heavy atom. The van der Waals surface area contributed by atoms with E-state index in [1.165, 1.54) is 0 Å². The van der Waals surface area contributed by atoms with E-state index in [0.717, 1.165) is 5.56 Å². The first kappa shape index (κ1) is 11.8. The maximum Gasteiger partial charge on any atom is 0.238 e. The molecule has 0 saturated heterocycles. The van der Waals surface area contributed by atoms with E-state index in [9.17, 15) is 4.79 Å². The Labute approximate surface area is 93.6 Å². The highest BCUT2D eigenvalue weighted by molar-refractivity contribution is 6.30. The number of methoxy groups -OCH3 is 1. The van der Waals surface area contributed by atoms with Crippen molar-refractivity contribution in [2.24, 2.45) is 0 Å². The number of halogens is 1. The number of hydrogen-bond donors (Lipinski definition) is 1. The first-order valence-electron chi connectivity index (χ1n) is 4.54. The van der Waals surface area contributed by atoms with Gasteiger partial charge < -0.3 is 10.1 Å². The molecule has 1 aromatic heterocycles. The molecule has 0 fully saturated rings. The van der Waals surface area contributed by atoms with Gasteiger partial charge in [-0.1, -0.05) is 0 Å². The number of carbonyl (C=O) groups excluding carboxylic acids is 1. The second kappa shape index (κ2) is 5.56. The monoisotopic (exact) mass is 228 g/mol. The van der Waals surface area contributed by atoms with Crippen LogP contribution in [0.1, 0.15) is 12.5 Å². The highest BCUT2D eigenvalue weighted by Gasteiger charge is 2.08. The lowest BCUT2D eigenvalue weighted by atomic mass is 10.2. The molecule has 4 nitrogen and oxygen atoms in total. The number of pyridine rings is 1. The predicted molar refractivity (Wildman–Crippen MR) is 58.0 cm³/mol. The van der Waals surface area contributed by atoms with Crippen LogP contribution in [0.25, 0.3) is 0 Å². The molecule has 0 bridgehead atoms. The Balaban J connectivity index is 2.54. The van der Waals surface area contributed by atoms with E-state index in [2.05, 4.69) is 10.3 Å². The lowest BCUT2D eigenvalue weighted by Gasteiger charge is -2.07. The molecule has 1 unspecified atom stereocenters. The van der Waals surface area contributed by atoms with Crippen molar-refractivity contribution in [3.63, 3.8) is 0 Å². The van der Waals surface area contributed by atoms with Gasteiger partial charge in [-0.05, 0) is 18.6 Å². The second-order valence-corrected chi connectivity index (χ2v) is 3.69. The van der Waals surface area contributed by atoms with Crippen LogP contribution >= 0.6 is 11.6 Å². The number of hydrogen-bond acceptors (Lipinski definition) is 3. The van der Waals surface area contributed by atoms with Crippen molar-refractivity contribution >= 4 is 17.5 Å². The third-order valence-corrected chi connectivity index (χ3v) is 2.03. The molecular weight excluding hydrogens is 216 g/mol. The van der Waals surface area contributed by atoms with Gasteiger partial charge in [0.25, 0.3) is 0 Å². The molecule has 0 saturated carbocycles. The average molecular weight is 229 g/mol. The van der Waals surface area contributed by atoms with Crippen molar-refractivity contribution in [2.45, 2.75) is 18.8 Å². The molecule has 0 aliphatic carbocycles. The maximum atomic E-state index is 11.2. The zero-order chi connectivity index (χ0) is 11.3. The molecule has 0 aliphatic rings. The fraction of sp³-hybridized carbons (Fsp3) is 0.400. The molecule has 1 amide bonds. The topological polar surface area (TPSA) is 51.2 Å². The van der Waals surface area contributed by atoms with Crippen LogP contribution in [0.15, 0.2) is 18.3 Å². The summed E-state index contributed by atoms with van der Waals surface area (Å²) in [6.45, 7) is 2.05. The van der Waals surface area contributed by atoms with Gasteiger partial charge in [-0.15, -0.1) is 11.6 Å². The van der Waals surface area contributed by atoms with Crippen molar-refractivity contribution in [3.8, 4) is 5.88 Å². The number of aromatic nitrogens is 1. The molecule has 1 heterocycles. The van der Waals surface area contributed by atoms with Gasteiger partial charge in [0, 0.05) is 18.8 Å². The number of amides is 1. The second-order valence-electron chi connectivity index (χ2n) is 3.04. The molecule has 82 valence electrons. The summed E-state index contributed by atoms with van der Waals surface area (Å²) in [5.74, 6) is 0.341. The van der Waals surface area contributed by atoms with Gasteiger partial charge in [0.2, 0.25) is 11.8 Å². The van der Waals surface area contributed by atoms with Gasteiger partial charge in [-0.25, -0.2) is 4.98 Å². The minimum absolute atomic E-state index is 0.188. The minimum atomic E-state index is -0.520. The van der Waals surface area contributed by atoms with Crippen molar-refractivity contribution < 1.29 is 9.53 Å². The molecule has 0 radical (unpaired) electrons. The summed E-state index contributed by atoms with van der Waals surface area (Å²) in [5.41, 5.74) is 0.924. The largest absolute Gasteiger partial charge is 0.481 e. The van der Waals surface area contributed by atoms with Gasteiger partial charge in [-0.2, -0.15) is 0 Å². The summed E-state index contributed by atoms with van der Waals surface area (Å²) in [6.07, 6.45) is 1.63. The summed E-state index contributed by atoms with van der Waals surface area (Å²) in [4.78, 5) is 15.1. The molecule has 0 spiro atoms. The van der Waals surface area contributed by atoms with E-state index in [1.54, 1.807) is 26.3 Å². The van der Waals surface area contributed by atoms with Crippen LogP contribution in [0.4, 0.5) is 0 Å². The van der Waals surface area contributed by atoms with Crippen LogP contribution < -0.4 is 10.1 Å². The van der Waals surface area contributed by atoms with Crippen LogP contribution in [0.5, 0.6) is 5.88 Å². The quantitative estimate of drug-likeness (QED) is 0.792. The number of alkyl halides is 1.